The highest BCUT2D eigenvalue weighted by Crippen LogP contribution is 2.27. The van der Waals surface area contributed by atoms with Gasteiger partial charge in [0, 0.05) is 10.0 Å². The standard InChI is InChI=1S/C17H19BrFN/c1-11(2)12-4-6-13(7-5-12)17(20-3)15-9-8-14(18)10-16(15)19/h4-11,17,20H,1-3H3. The molecule has 0 saturated heterocycles. The highest BCUT2D eigenvalue weighted by atomic mass is 79.9. The molecule has 0 aliphatic carbocycles. The van der Waals surface area contributed by atoms with Crippen LogP contribution < -0.4 is 5.32 Å². The summed E-state index contributed by atoms with van der Waals surface area (Å²) in [7, 11) is 1.85. The molecular formula is C17H19BrFN. The second-order valence-corrected chi connectivity index (χ2v) is 6.12. The summed E-state index contributed by atoms with van der Waals surface area (Å²) >= 11 is 3.29. The van der Waals surface area contributed by atoms with Crippen molar-refractivity contribution in [2.24, 2.45) is 0 Å². The summed E-state index contributed by atoms with van der Waals surface area (Å²) in [5, 5.41) is 3.19. The molecule has 2 aromatic carbocycles. The molecule has 0 fully saturated rings. The summed E-state index contributed by atoms with van der Waals surface area (Å²) in [5.74, 6) is 0.299. The predicted molar refractivity (Wildman–Crippen MR) is 85.5 cm³/mol. The van der Waals surface area contributed by atoms with E-state index in [4.69, 9.17) is 0 Å². The van der Waals surface area contributed by atoms with Gasteiger partial charge in [-0.15, -0.1) is 0 Å². The Morgan fingerprint density at radius 3 is 2.10 bits per heavy atom. The number of hydrogen-bond donors (Lipinski definition) is 1. The number of rotatable bonds is 4. The van der Waals surface area contributed by atoms with Crippen LogP contribution in [-0.2, 0) is 0 Å². The van der Waals surface area contributed by atoms with Gasteiger partial charge in [-0.3, -0.25) is 0 Å². The molecule has 106 valence electrons. The van der Waals surface area contributed by atoms with E-state index in [-0.39, 0.29) is 11.9 Å². The molecule has 0 radical (unpaired) electrons. The van der Waals surface area contributed by atoms with E-state index >= 15 is 0 Å². The van der Waals surface area contributed by atoms with Gasteiger partial charge >= 0.3 is 0 Å². The molecule has 0 bridgehead atoms. The van der Waals surface area contributed by atoms with Crippen molar-refractivity contribution in [1.29, 1.82) is 0 Å². The molecular weight excluding hydrogens is 317 g/mol. The van der Waals surface area contributed by atoms with Gasteiger partial charge in [0.1, 0.15) is 5.82 Å². The first-order valence-corrected chi connectivity index (χ1v) is 7.54. The molecule has 0 aromatic heterocycles. The minimum Gasteiger partial charge on any atom is -0.309 e. The summed E-state index contributed by atoms with van der Waals surface area (Å²) in [6, 6.07) is 13.4. The van der Waals surface area contributed by atoms with E-state index < -0.39 is 0 Å². The number of hydrogen-bond acceptors (Lipinski definition) is 1. The van der Waals surface area contributed by atoms with Crippen LogP contribution in [0.25, 0.3) is 0 Å². The van der Waals surface area contributed by atoms with Gasteiger partial charge in [0.05, 0.1) is 6.04 Å². The van der Waals surface area contributed by atoms with E-state index in [1.807, 2.05) is 19.2 Å². The molecule has 2 aromatic rings. The third kappa shape index (κ3) is 3.28. The van der Waals surface area contributed by atoms with Crippen LogP contribution in [0, 0.1) is 5.82 Å². The van der Waals surface area contributed by atoms with Crippen molar-refractivity contribution in [1.82, 2.24) is 5.32 Å². The van der Waals surface area contributed by atoms with Gasteiger partial charge in [0.15, 0.2) is 0 Å². The smallest absolute Gasteiger partial charge is 0.129 e. The molecule has 1 nitrogen and oxygen atoms in total. The maximum Gasteiger partial charge on any atom is 0.129 e. The molecule has 0 aliphatic heterocycles. The zero-order valence-electron chi connectivity index (χ0n) is 12.0. The van der Waals surface area contributed by atoms with Gasteiger partial charge in [-0.2, -0.15) is 0 Å². The van der Waals surface area contributed by atoms with E-state index in [0.29, 0.717) is 11.5 Å². The minimum absolute atomic E-state index is 0.135. The Labute approximate surface area is 128 Å². The highest BCUT2D eigenvalue weighted by molar-refractivity contribution is 9.10. The molecule has 1 atom stereocenters. The van der Waals surface area contributed by atoms with Crippen molar-refractivity contribution in [2.45, 2.75) is 25.8 Å². The number of halogens is 2. The van der Waals surface area contributed by atoms with Crippen molar-refractivity contribution in [2.75, 3.05) is 7.05 Å². The van der Waals surface area contributed by atoms with Crippen LogP contribution in [0.5, 0.6) is 0 Å². The Hall–Kier alpha value is -1.19. The highest BCUT2D eigenvalue weighted by Gasteiger charge is 2.16. The van der Waals surface area contributed by atoms with E-state index in [1.165, 1.54) is 11.6 Å². The first-order valence-electron chi connectivity index (χ1n) is 6.75. The van der Waals surface area contributed by atoms with Crippen molar-refractivity contribution in [3.63, 3.8) is 0 Å². The molecule has 0 heterocycles. The largest absolute Gasteiger partial charge is 0.309 e. The third-order valence-corrected chi connectivity index (χ3v) is 3.99. The second-order valence-electron chi connectivity index (χ2n) is 5.21. The molecule has 1 N–H and O–H groups in total. The first kappa shape index (κ1) is 15.2. The molecule has 0 saturated carbocycles. The van der Waals surface area contributed by atoms with Crippen LogP contribution in [0.4, 0.5) is 4.39 Å². The van der Waals surface area contributed by atoms with Crippen molar-refractivity contribution in [3.05, 3.63) is 69.4 Å². The van der Waals surface area contributed by atoms with Gasteiger partial charge in [0.2, 0.25) is 0 Å². The first-order chi connectivity index (χ1) is 9.52. The minimum atomic E-state index is -0.202. The normalized spacial score (nSPS) is 12.7. The monoisotopic (exact) mass is 335 g/mol. The lowest BCUT2D eigenvalue weighted by Gasteiger charge is -2.19. The molecule has 0 amide bonds. The maximum absolute atomic E-state index is 14.1. The van der Waals surface area contributed by atoms with Gasteiger partial charge in [-0.1, -0.05) is 60.1 Å². The average molecular weight is 336 g/mol. The topological polar surface area (TPSA) is 12.0 Å². The van der Waals surface area contributed by atoms with E-state index in [2.05, 4.69) is 59.4 Å². The lowest BCUT2D eigenvalue weighted by molar-refractivity contribution is 0.575. The van der Waals surface area contributed by atoms with E-state index in [0.717, 1.165) is 10.0 Å². The van der Waals surface area contributed by atoms with Gasteiger partial charge in [-0.25, -0.2) is 4.39 Å². The summed E-state index contributed by atoms with van der Waals surface area (Å²) in [4.78, 5) is 0. The summed E-state index contributed by atoms with van der Waals surface area (Å²) < 4.78 is 14.9. The Balaban J connectivity index is 2.36. The number of benzene rings is 2. The zero-order chi connectivity index (χ0) is 14.7. The third-order valence-electron chi connectivity index (χ3n) is 3.50. The van der Waals surface area contributed by atoms with Crippen LogP contribution in [-0.4, -0.2) is 7.05 Å². The Kier molecular flexibility index (Phi) is 4.95. The van der Waals surface area contributed by atoms with E-state index in [1.54, 1.807) is 0 Å². The quantitative estimate of drug-likeness (QED) is 0.827. The molecule has 20 heavy (non-hydrogen) atoms. The number of nitrogens with one attached hydrogen (secondary N) is 1. The van der Waals surface area contributed by atoms with Gasteiger partial charge < -0.3 is 5.32 Å². The maximum atomic E-state index is 14.1. The molecule has 0 spiro atoms. The molecule has 1 unspecified atom stereocenters. The Morgan fingerprint density at radius 1 is 1.00 bits per heavy atom. The van der Waals surface area contributed by atoms with E-state index in [9.17, 15) is 4.39 Å². The van der Waals surface area contributed by atoms with Crippen LogP contribution in [0.15, 0.2) is 46.9 Å². The fourth-order valence-electron chi connectivity index (χ4n) is 2.31. The second kappa shape index (κ2) is 6.51. The summed E-state index contributed by atoms with van der Waals surface area (Å²) in [6.07, 6.45) is 0. The fourth-order valence-corrected chi connectivity index (χ4v) is 2.64. The van der Waals surface area contributed by atoms with Crippen molar-refractivity contribution >= 4 is 15.9 Å². The van der Waals surface area contributed by atoms with Gasteiger partial charge in [0.25, 0.3) is 0 Å². The lowest BCUT2D eigenvalue weighted by Crippen LogP contribution is -2.19. The fraction of sp³-hybridized carbons (Fsp3) is 0.294. The predicted octanol–water partition coefficient (Wildman–Crippen LogP) is 5.02. The summed E-state index contributed by atoms with van der Waals surface area (Å²) in [5.41, 5.74) is 3.02. The average Bonchev–Trinajstić information content (AvgIpc) is 2.42. The molecule has 2 rings (SSSR count). The lowest BCUT2D eigenvalue weighted by atomic mass is 9.95. The zero-order valence-corrected chi connectivity index (χ0v) is 13.5. The summed E-state index contributed by atoms with van der Waals surface area (Å²) in [6.45, 7) is 4.33. The molecule has 3 heteroatoms. The Bertz CT molecular complexity index is 578. The van der Waals surface area contributed by atoms with Crippen LogP contribution in [0.1, 0.15) is 42.5 Å². The van der Waals surface area contributed by atoms with Crippen molar-refractivity contribution < 1.29 is 4.39 Å². The van der Waals surface area contributed by atoms with Crippen LogP contribution in [0.2, 0.25) is 0 Å². The Morgan fingerprint density at radius 2 is 1.60 bits per heavy atom. The van der Waals surface area contributed by atoms with Gasteiger partial charge in [-0.05, 0) is 36.2 Å². The van der Waals surface area contributed by atoms with Crippen LogP contribution >= 0.6 is 15.9 Å². The van der Waals surface area contributed by atoms with Crippen LogP contribution in [0.3, 0.4) is 0 Å². The van der Waals surface area contributed by atoms with Crippen molar-refractivity contribution in [3.8, 4) is 0 Å². The molecule has 0 aliphatic rings. The SMILES string of the molecule is CNC(c1ccc(C(C)C)cc1)c1ccc(Br)cc1F.